The molecule has 0 radical (unpaired) electrons. The standard InChI is InChI=1S/C23H29N3O4S/c1-17-3-2-4-18(13-17)19-14-20(16-24-15-19)23(27)25-21-5-9-26(10-6-21)31(28,29)22-7-11-30-12-8-22/h2-4,13-16,21-22H,5-12H2,1H3,(H,25,27). The van der Waals surface area contributed by atoms with Gasteiger partial charge >= 0.3 is 0 Å². The maximum absolute atomic E-state index is 12.9. The third-order valence-corrected chi connectivity index (χ3v) is 8.49. The Hall–Kier alpha value is -2.29. The van der Waals surface area contributed by atoms with Crippen LogP contribution in [-0.2, 0) is 14.8 Å². The van der Waals surface area contributed by atoms with Gasteiger partial charge in [0.1, 0.15) is 0 Å². The molecule has 0 unspecified atom stereocenters. The molecule has 166 valence electrons. The van der Waals surface area contributed by atoms with Crippen molar-refractivity contribution in [3.63, 3.8) is 0 Å². The minimum Gasteiger partial charge on any atom is -0.381 e. The molecule has 1 N–H and O–H groups in total. The van der Waals surface area contributed by atoms with Gasteiger partial charge in [0, 0.05) is 50.3 Å². The van der Waals surface area contributed by atoms with Crippen molar-refractivity contribution in [2.45, 2.75) is 43.9 Å². The Balaban J connectivity index is 1.36. The number of nitrogens with one attached hydrogen (secondary N) is 1. The van der Waals surface area contributed by atoms with E-state index in [1.807, 2.05) is 31.2 Å². The molecule has 0 bridgehead atoms. The van der Waals surface area contributed by atoms with Crippen molar-refractivity contribution in [1.82, 2.24) is 14.6 Å². The minimum absolute atomic E-state index is 0.0451. The Morgan fingerprint density at radius 2 is 1.81 bits per heavy atom. The van der Waals surface area contributed by atoms with Crippen molar-refractivity contribution in [1.29, 1.82) is 0 Å². The molecule has 2 aliphatic heterocycles. The van der Waals surface area contributed by atoms with E-state index in [9.17, 15) is 13.2 Å². The summed E-state index contributed by atoms with van der Waals surface area (Å²) in [5.41, 5.74) is 3.58. The summed E-state index contributed by atoms with van der Waals surface area (Å²) < 4.78 is 32.6. The summed E-state index contributed by atoms with van der Waals surface area (Å²) in [6.07, 6.45) is 5.66. The molecule has 0 aliphatic carbocycles. The van der Waals surface area contributed by atoms with Crippen molar-refractivity contribution in [3.05, 3.63) is 53.9 Å². The molecule has 0 atom stereocenters. The highest BCUT2D eigenvalue weighted by atomic mass is 32.2. The lowest BCUT2D eigenvalue weighted by molar-refractivity contribution is 0.0917. The van der Waals surface area contributed by atoms with Crippen LogP contribution in [0.1, 0.15) is 41.6 Å². The Bertz CT molecular complexity index is 1030. The highest BCUT2D eigenvalue weighted by molar-refractivity contribution is 7.89. The Kier molecular flexibility index (Phi) is 6.69. The number of amides is 1. The van der Waals surface area contributed by atoms with Crippen LogP contribution in [-0.4, -0.2) is 61.2 Å². The fourth-order valence-corrected chi connectivity index (χ4v) is 6.18. The van der Waals surface area contributed by atoms with E-state index in [0.717, 1.165) is 16.7 Å². The average Bonchev–Trinajstić information content (AvgIpc) is 2.80. The molecule has 2 aliphatic rings. The summed E-state index contributed by atoms with van der Waals surface area (Å²) in [6.45, 7) is 3.92. The van der Waals surface area contributed by atoms with Crippen molar-refractivity contribution in [2.24, 2.45) is 0 Å². The smallest absolute Gasteiger partial charge is 0.253 e. The fourth-order valence-electron chi connectivity index (χ4n) is 4.25. The van der Waals surface area contributed by atoms with Crippen molar-refractivity contribution < 1.29 is 17.9 Å². The van der Waals surface area contributed by atoms with Gasteiger partial charge in [0.2, 0.25) is 10.0 Å². The van der Waals surface area contributed by atoms with E-state index in [4.69, 9.17) is 4.74 Å². The molecule has 1 aromatic heterocycles. The van der Waals surface area contributed by atoms with Gasteiger partial charge in [0.25, 0.3) is 5.91 Å². The third-order valence-electron chi connectivity index (χ3n) is 6.09. The number of ether oxygens (including phenoxy) is 1. The molecule has 8 heteroatoms. The number of aryl methyl sites for hydroxylation is 1. The molecule has 4 rings (SSSR count). The first-order chi connectivity index (χ1) is 14.9. The number of piperidine rings is 1. The Morgan fingerprint density at radius 1 is 1.06 bits per heavy atom. The van der Waals surface area contributed by atoms with Gasteiger partial charge in [-0.15, -0.1) is 0 Å². The first-order valence-electron chi connectivity index (χ1n) is 10.8. The number of carbonyl (C=O) groups is 1. The highest BCUT2D eigenvalue weighted by Gasteiger charge is 2.35. The molecule has 7 nitrogen and oxygen atoms in total. The van der Waals surface area contributed by atoms with Crippen LogP contribution in [0.2, 0.25) is 0 Å². The maximum atomic E-state index is 12.9. The van der Waals surface area contributed by atoms with Gasteiger partial charge in [-0.25, -0.2) is 12.7 Å². The highest BCUT2D eigenvalue weighted by Crippen LogP contribution is 2.24. The molecule has 0 saturated carbocycles. The SMILES string of the molecule is Cc1cccc(-c2cncc(C(=O)NC3CCN(S(=O)(=O)C4CCOCC4)CC3)c2)c1. The number of nitrogens with zero attached hydrogens (tertiary/aromatic N) is 2. The number of rotatable bonds is 5. The number of carbonyl (C=O) groups excluding carboxylic acids is 1. The van der Waals surface area contributed by atoms with Crippen LogP contribution >= 0.6 is 0 Å². The van der Waals surface area contributed by atoms with Crippen LogP contribution in [0.15, 0.2) is 42.7 Å². The molecule has 3 heterocycles. The second kappa shape index (κ2) is 9.46. The lowest BCUT2D eigenvalue weighted by Gasteiger charge is -2.35. The molecular formula is C23H29N3O4S. The molecule has 1 amide bonds. The molecule has 31 heavy (non-hydrogen) atoms. The lowest BCUT2D eigenvalue weighted by atomic mass is 10.0. The van der Waals surface area contributed by atoms with Gasteiger partial charge in [-0.05, 0) is 44.2 Å². The van der Waals surface area contributed by atoms with Crippen LogP contribution in [0.4, 0.5) is 0 Å². The van der Waals surface area contributed by atoms with Gasteiger partial charge in [0.15, 0.2) is 0 Å². The molecule has 0 spiro atoms. The molecule has 1 aromatic carbocycles. The summed E-state index contributed by atoms with van der Waals surface area (Å²) in [7, 11) is -3.30. The zero-order valence-corrected chi connectivity index (χ0v) is 18.6. The van der Waals surface area contributed by atoms with Crippen LogP contribution in [0.3, 0.4) is 0 Å². The van der Waals surface area contributed by atoms with E-state index >= 15 is 0 Å². The quantitative estimate of drug-likeness (QED) is 0.768. The first kappa shape index (κ1) is 21.9. The van der Waals surface area contributed by atoms with Gasteiger partial charge < -0.3 is 10.1 Å². The normalized spacial score (nSPS) is 19.3. The number of aromatic nitrogens is 1. The third kappa shape index (κ3) is 5.14. The van der Waals surface area contributed by atoms with E-state index in [1.165, 1.54) is 0 Å². The topological polar surface area (TPSA) is 88.6 Å². The van der Waals surface area contributed by atoms with Crippen LogP contribution < -0.4 is 5.32 Å². The van der Waals surface area contributed by atoms with E-state index in [2.05, 4.69) is 16.4 Å². The van der Waals surface area contributed by atoms with Crippen LogP contribution in [0.5, 0.6) is 0 Å². The molecular weight excluding hydrogens is 414 g/mol. The molecule has 2 fully saturated rings. The number of pyridine rings is 1. The number of sulfonamides is 1. The second-order valence-corrected chi connectivity index (χ2v) is 10.5. The van der Waals surface area contributed by atoms with Gasteiger partial charge in [-0.1, -0.05) is 29.8 Å². The van der Waals surface area contributed by atoms with Gasteiger partial charge in [0.05, 0.1) is 10.8 Å². The zero-order valence-electron chi connectivity index (χ0n) is 17.8. The first-order valence-corrected chi connectivity index (χ1v) is 12.3. The predicted octanol–water partition coefficient (Wildman–Crippen LogP) is 2.76. The number of benzene rings is 1. The van der Waals surface area contributed by atoms with E-state index in [-0.39, 0.29) is 17.2 Å². The Labute approximate surface area is 183 Å². The maximum Gasteiger partial charge on any atom is 0.253 e. The fraction of sp³-hybridized carbons (Fsp3) is 0.478. The average molecular weight is 444 g/mol. The van der Waals surface area contributed by atoms with Crippen LogP contribution in [0, 0.1) is 6.92 Å². The lowest BCUT2D eigenvalue weighted by Crippen LogP contribution is -2.49. The van der Waals surface area contributed by atoms with Gasteiger partial charge in [-0.3, -0.25) is 9.78 Å². The van der Waals surface area contributed by atoms with Crippen molar-refractivity contribution in [2.75, 3.05) is 26.3 Å². The predicted molar refractivity (Wildman–Crippen MR) is 119 cm³/mol. The zero-order chi connectivity index (χ0) is 21.8. The van der Waals surface area contributed by atoms with E-state index < -0.39 is 10.0 Å². The van der Waals surface area contributed by atoms with Gasteiger partial charge in [-0.2, -0.15) is 0 Å². The van der Waals surface area contributed by atoms with Crippen molar-refractivity contribution >= 4 is 15.9 Å². The van der Waals surface area contributed by atoms with E-state index in [1.54, 1.807) is 16.7 Å². The second-order valence-electron chi connectivity index (χ2n) is 8.34. The monoisotopic (exact) mass is 443 g/mol. The summed E-state index contributed by atoms with van der Waals surface area (Å²) in [5, 5.41) is 2.71. The largest absolute Gasteiger partial charge is 0.381 e. The summed E-state index contributed by atoms with van der Waals surface area (Å²) in [4.78, 5) is 17.0. The summed E-state index contributed by atoms with van der Waals surface area (Å²) >= 11 is 0. The summed E-state index contributed by atoms with van der Waals surface area (Å²) in [5.74, 6) is -0.173. The summed E-state index contributed by atoms with van der Waals surface area (Å²) in [6, 6.07) is 9.88. The number of hydrogen-bond donors (Lipinski definition) is 1. The van der Waals surface area contributed by atoms with Crippen LogP contribution in [0.25, 0.3) is 11.1 Å². The minimum atomic E-state index is -3.30. The van der Waals surface area contributed by atoms with Crippen molar-refractivity contribution in [3.8, 4) is 11.1 Å². The Morgan fingerprint density at radius 3 is 2.52 bits per heavy atom. The van der Waals surface area contributed by atoms with E-state index in [0.29, 0.717) is 57.6 Å². The molecule has 2 aromatic rings. The number of hydrogen-bond acceptors (Lipinski definition) is 5. The molecule has 2 saturated heterocycles.